The summed E-state index contributed by atoms with van der Waals surface area (Å²) < 4.78 is 5.92. The summed E-state index contributed by atoms with van der Waals surface area (Å²) in [5.41, 5.74) is 0. The van der Waals surface area contributed by atoms with Gasteiger partial charge in [-0.3, -0.25) is 0 Å². The molecule has 0 aliphatic carbocycles. The van der Waals surface area contributed by atoms with Crippen molar-refractivity contribution in [1.82, 2.24) is 0 Å². The van der Waals surface area contributed by atoms with E-state index in [0.717, 1.165) is 0 Å². The second kappa shape index (κ2) is 8.48. The fourth-order valence-electron chi connectivity index (χ4n) is 2.13. The second-order valence-corrected chi connectivity index (χ2v) is 8.62. The Morgan fingerprint density at radius 1 is 0.786 bits per heavy atom. The lowest BCUT2D eigenvalue weighted by Crippen LogP contribution is -2.36. The molecule has 0 aromatic heterocycles. The first-order valence-corrected chi connectivity index (χ1v) is 8.82. The third-order valence-corrected chi connectivity index (χ3v) is 7.92. The zero-order chi connectivity index (χ0) is 10.9. The summed E-state index contributed by atoms with van der Waals surface area (Å²) in [7, 11) is 0.640. The minimum absolute atomic E-state index is 1.30. The van der Waals surface area contributed by atoms with Crippen molar-refractivity contribution in [2.45, 2.75) is 71.0 Å². The Hall–Kier alpha value is 0.177. The minimum atomic E-state index is -1.31. The molecular weight excluding hydrogens is 188 g/mol. The van der Waals surface area contributed by atoms with Gasteiger partial charge in [-0.05, 0) is 18.1 Å². The lowest BCUT2D eigenvalue weighted by atomic mass is 10.4. The maximum absolute atomic E-state index is 5.92. The van der Waals surface area contributed by atoms with Crippen LogP contribution in [0.2, 0.25) is 18.1 Å². The van der Waals surface area contributed by atoms with E-state index in [1.807, 2.05) is 7.11 Å². The Labute approximate surface area is 91.4 Å². The molecule has 0 radical (unpaired) electrons. The van der Waals surface area contributed by atoms with Gasteiger partial charge in [0, 0.05) is 7.11 Å². The van der Waals surface area contributed by atoms with E-state index in [1.54, 1.807) is 0 Å². The van der Waals surface area contributed by atoms with Crippen LogP contribution in [0, 0.1) is 0 Å². The molecule has 0 amide bonds. The van der Waals surface area contributed by atoms with Gasteiger partial charge in [0.1, 0.15) is 0 Å². The molecule has 14 heavy (non-hydrogen) atoms. The number of unbranched alkanes of at least 4 members (excludes halogenated alkanes) is 2. The largest absolute Gasteiger partial charge is 0.420 e. The summed E-state index contributed by atoms with van der Waals surface area (Å²) in [6, 6.07) is 4.13. The molecule has 0 saturated heterocycles. The van der Waals surface area contributed by atoms with Crippen molar-refractivity contribution in [2.24, 2.45) is 0 Å². The highest BCUT2D eigenvalue weighted by Crippen LogP contribution is 2.27. The van der Waals surface area contributed by atoms with Gasteiger partial charge in [0.05, 0.1) is 0 Å². The van der Waals surface area contributed by atoms with Crippen molar-refractivity contribution >= 4 is 8.32 Å². The predicted molar refractivity (Wildman–Crippen MR) is 67.3 cm³/mol. The Kier molecular flexibility index (Phi) is 8.59. The molecule has 0 atom stereocenters. The van der Waals surface area contributed by atoms with E-state index >= 15 is 0 Å². The molecule has 0 fully saturated rings. The molecule has 0 aromatic carbocycles. The van der Waals surface area contributed by atoms with Crippen LogP contribution in [-0.4, -0.2) is 15.4 Å². The van der Waals surface area contributed by atoms with Crippen LogP contribution in [0.15, 0.2) is 0 Å². The summed E-state index contributed by atoms with van der Waals surface area (Å²) in [4.78, 5) is 0. The highest BCUT2D eigenvalue weighted by molar-refractivity contribution is 6.73. The molecule has 0 saturated carbocycles. The van der Waals surface area contributed by atoms with E-state index in [9.17, 15) is 0 Å². The van der Waals surface area contributed by atoms with E-state index in [0.29, 0.717) is 0 Å². The molecule has 0 heterocycles. The monoisotopic (exact) mass is 216 g/mol. The maximum atomic E-state index is 5.92. The van der Waals surface area contributed by atoms with Crippen molar-refractivity contribution in [3.63, 3.8) is 0 Å². The van der Waals surface area contributed by atoms with E-state index in [-0.39, 0.29) is 0 Å². The zero-order valence-corrected chi connectivity index (χ0v) is 11.6. The summed E-state index contributed by atoms with van der Waals surface area (Å²) in [5.74, 6) is 0. The minimum Gasteiger partial charge on any atom is -0.420 e. The number of rotatable bonds is 9. The number of hydrogen-bond donors (Lipinski definition) is 0. The number of hydrogen-bond acceptors (Lipinski definition) is 1. The average molecular weight is 216 g/mol. The Morgan fingerprint density at radius 3 is 1.57 bits per heavy atom. The fraction of sp³-hybridized carbons (Fsp3) is 1.00. The summed E-state index contributed by atoms with van der Waals surface area (Å²) >= 11 is 0. The van der Waals surface area contributed by atoms with Gasteiger partial charge in [0.2, 0.25) is 0 Å². The van der Waals surface area contributed by atoms with Gasteiger partial charge in [0.25, 0.3) is 0 Å². The van der Waals surface area contributed by atoms with Crippen LogP contribution in [0.3, 0.4) is 0 Å². The molecule has 0 rings (SSSR count). The van der Waals surface area contributed by atoms with Crippen LogP contribution in [0.25, 0.3) is 0 Å². The lowest BCUT2D eigenvalue weighted by molar-refractivity contribution is 0.384. The normalized spacial score (nSPS) is 12.0. The van der Waals surface area contributed by atoms with Gasteiger partial charge in [0.15, 0.2) is 8.32 Å². The average Bonchev–Trinajstić information content (AvgIpc) is 2.22. The van der Waals surface area contributed by atoms with E-state index in [1.165, 1.54) is 50.2 Å². The highest BCUT2D eigenvalue weighted by atomic mass is 28.4. The SMILES string of the molecule is CCCC[Si](CCC)(CCCC)OC. The van der Waals surface area contributed by atoms with Gasteiger partial charge >= 0.3 is 0 Å². The van der Waals surface area contributed by atoms with Crippen molar-refractivity contribution in [1.29, 1.82) is 0 Å². The van der Waals surface area contributed by atoms with Gasteiger partial charge in [-0.1, -0.05) is 52.9 Å². The van der Waals surface area contributed by atoms with Crippen LogP contribution in [0.1, 0.15) is 52.9 Å². The van der Waals surface area contributed by atoms with Gasteiger partial charge in [-0.15, -0.1) is 0 Å². The van der Waals surface area contributed by atoms with E-state index in [2.05, 4.69) is 20.8 Å². The summed E-state index contributed by atoms with van der Waals surface area (Å²) in [6.45, 7) is 6.85. The second-order valence-electron chi connectivity index (χ2n) is 4.34. The van der Waals surface area contributed by atoms with Gasteiger partial charge in [-0.2, -0.15) is 0 Å². The third kappa shape index (κ3) is 5.16. The molecule has 0 aromatic rings. The first-order chi connectivity index (χ1) is 6.74. The van der Waals surface area contributed by atoms with Crippen molar-refractivity contribution in [3.8, 4) is 0 Å². The summed E-state index contributed by atoms with van der Waals surface area (Å²) in [6.07, 6.45) is 6.66. The Bertz CT molecular complexity index is 117. The van der Waals surface area contributed by atoms with Crippen molar-refractivity contribution < 1.29 is 4.43 Å². The fourth-order valence-corrected chi connectivity index (χ4v) is 6.40. The summed E-state index contributed by atoms with van der Waals surface area (Å²) in [5, 5.41) is 0. The molecule has 86 valence electrons. The maximum Gasteiger partial charge on any atom is 0.192 e. The molecule has 0 spiro atoms. The molecule has 0 unspecified atom stereocenters. The van der Waals surface area contributed by atoms with Crippen LogP contribution in [0.5, 0.6) is 0 Å². The molecule has 0 bridgehead atoms. The quantitative estimate of drug-likeness (QED) is 0.512. The topological polar surface area (TPSA) is 9.23 Å². The molecular formula is C12H28OSi. The van der Waals surface area contributed by atoms with Gasteiger partial charge in [-0.25, -0.2) is 0 Å². The van der Waals surface area contributed by atoms with E-state index in [4.69, 9.17) is 4.43 Å². The van der Waals surface area contributed by atoms with Crippen LogP contribution >= 0.6 is 0 Å². The van der Waals surface area contributed by atoms with Gasteiger partial charge < -0.3 is 4.43 Å². The molecule has 0 aliphatic heterocycles. The van der Waals surface area contributed by atoms with Crippen LogP contribution < -0.4 is 0 Å². The Balaban J connectivity index is 4.11. The lowest BCUT2D eigenvalue weighted by Gasteiger charge is -2.29. The van der Waals surface area contributed by atoms with Crippen molar-refractivity contribution in [3.05, 3.63) is 0 Å². The first-order valence-electron chi connectivity index (χ1n) is 6.29. The predicted octanol–water partition coefficient (Wildman–Crippen LogP) is 4.59. The van der Waals surface area contributed by atoms with Crippen molar-refractivity contribution in [2.75, 3.05) is 7.11 Å². The molecule has 0 N–H and O–H groups in total. The third-order valence-electron chi connectivity index (χ3n) is 3.11. The molecule has 1 nitrogen and oxygen atoms in total. The van der Waals surface area contributed by atoms with E-state index < -0.39 is 8.32 Å². The smallest absolute Gasteiger partial charge is 0.192 e. The first kappa shape index (κ1) is 14.2. The molecule has 2 heteroatoms. The Morgan fingerprint density at radius 2 is 1.29 bits per heavy atom. The standard InChI is InChI=1S/C12H28OSi/c1-5-8-11-14(13-4,10-7-3)12-9-6-2/h5-12H2,1-4H3. The van der Waals surface area contributed by atoms with Crippen LogP contribution in [0.4, 0.5) is 0 Å². The van der Waals surface area contributed by atoms with Crippen LogP contribution in [-0.2, 0) is 4.43 Å². The zero-order valence-electron chi connectivity index (χ0n) is 10.6. The highest BCUT2D eigenvalue weighted by Gasteiger charge is 2.31. The molecule has 0 aliphatic rings.